The standard InChI is InChI=1S/C23H22N2O3/c1-22(2)21-18-7-5-4-6-15(18)8-10-19(21)24(3)23(22)13-12-16-14-17(25(26)27)9-11-20(16)28-23/h4-11,14H,12-13H2,1-3H3. The fourth-order valence-electron chi connectivity index (χ4n) is 5.19. The monoisotopic (exact) mass is 374 g/mol. The molecule has 0 fully saturated rings. The molecule has 2 heterocycles. The lowest BCUT2D eigenvalue weighted by molar-refractivity contribution is -0.385. The number of fused-ring (bicyclic) bond motifs is 4. The van der Waals surface area contributed by atoms with Gasteiger partial charge in [0, 0.05) is 36.9 Å². The third kappa shape index (κ3) is 2.02. The van der Waals surface area contributed by atoms with Gasteiger partial charge in [-0.25, -0.2) is 0 Å². The smallest absolute Gasteiger partial charge is 0.269 e. The van der Waals surface area contributed by atoms with Crippen LogP contribution in [0.25, 0.3) is 10.8 Å². The van der Waals surface area contributed by atoms with Gasteiger partial charge < -0.3 is 9.64 Å². The number of aryl methyl sites for hydroxylation is 1. The zero-order chi connectivity index (χ0) is 19.7. The predicted molar refractivity (Wildman–Crippen MR) is 110 cm³/mol. The Morgan fingerprint density at radius 1 is 1.11 bits per heavy atom. The highest BCUT2D eigenvalue weighted by molar-refractivity contribution is 5.93. The number of anilines is 1. The molecule has 1 unspecified atom stereocenters. The molecule has 0 amide bonds. The Hall–Kier alpha value is -3.08. The molecule has 3 aromatic carbocycles. The van der Waals surface area contributed by atoms with Crippen molar-refractivity contribution in [3.05, 3.63) is 75.8 Å². The zero-order valence-corrected chi connectivity index (χ0v) is 16.2. The molecule has 5 nitrogen and oxygen atoms in total. The lowest BCUT2D eigenvalue weighted by atomic mass is 9.73. The molecule has 0 saturated carbocycles. The minimum absolute atomic E-state index is 0.117. The van der Waals surface area contributed by atoms with E-state index in [1.54, 1.807) is 12.1 Å². The first kappa shape index (κ1) is 17.0. The van der Waals surface area contributed by atoms with Crippen LogP contribution < -0.4 is 9.64 Å². The van der Waals surface area contributed by atoms with Crippen molar-refractivity contribution in [3.63, 3.8) is 0 Å². The highest BCUT2D eigenvalue weighted by Gasteiger charge is 2.59. The number of ether oxygens (including phenoxy) is 1. The number of benzene rings is 3. The molecular weight excluding hydrogens is 352 g/mol. The zero-order valence-electron chi connectivity index (χ0n) is 16.2. The van der Waals surface area contributed by atoms with Gasteiger partial charge in [-0.15, -0.1) is 0 Å². The maximum atomic E-state index is 11.1. The molecule has 1 atom stereocenters. The second-order valence-corrected chi connectivity index (χ2v) is 8.30. The highest BCUT2D eigenvalue weighted by atomic mass is 16.6. The van der Waals surface area contributed by atoms with Crippen LogP contribution in [-0.4, -0.2) is 17.7 Å². The molecule has 2 aliphatic heterocycles. The van der Waals surface area contributed by atoms with Crippen molar-refractivity contribution in [3.8, 4) is 5.75 Å². The van der Waals surface area contributed by atoms with Crippen LogP contribution in [0, 0.1) is 10.1 Å². The quantitative estimate of drug-likeness (QED) is 0.434. The third-order valence-corrected chi connectivity index (χ3v) is 6.68. The minimum atomic E-state index is -0.525. The summed E-state index contributed by atoms with van der Waals surface area (Å²) >= 11 is 0. The van der Waals surface area contributed by atoms with E-state index in [1.807, 2.05) is 0 Å². The van der Waals surface area contributed by atoms with Crippen molar-refractivity contribution < 1.29 is 9.66 Å². The normalized spacial score (nSPS) is 22.0. The number of hydrogen-bond acceptors (Lipinski definition) is 4. The van der Waals surface area contributed by atoms with Crippen LogP contribution in [0.5, 0.6) is 5.75 Å². The summed E-state index contributed by atoms with van der Waals surface area (Å²) in [6.45, 7) is 4.50. The fourth-order valence-corrected chi connectivity index (χ4v) is 5.19. The molecule has 0 radical (unpaired) electrons. The van der Waals surface area contributed by atoms with Crippen LogP contribution in [0.4, 0.5) is 11.4 Å². The summed E-state index contributed by atoms with van der Waals surface area (Å²) in [5.74, 6) is 0.744. The second kappa shape index (κ2) is 5.47. The Morgan fingerprint density at radius 3 is 2.68 bits per heavy atom. The van der Waals surface area contributed by atoms with E-state index in [-0.39, 0.29) is 16.0 Å². The number of nitro benzene ring substituents is 1. The molecule has 3 aromatic rings. The van der Waals surface area contributed by atoms with Crippen molar-refractivity contribution >= 4 is 22.1 Å². The first-order valence-electron chi connectivity index (χ1n) is 9.57. The lowest BCUT2D eigenvalue weighted by Crippen LogP contribution is -2.60. The number of non-ortho nitro benzene ring substituents is 1. The van der Waals surface area contributed by atoms with Crippen molar-refractivity contribution in [2.75, 3.05) is 11.9 Å². The predicted octanol–water partition coefficient (Wildman–Crippen LogP) is 5.20. The van der Waals surface area contributed by atoms with Crippen LogP contribution in [0.3, 0.4) is 0 Å². The molecule has 142 valence electrons. The van der Waals surface area contributed by atoms with Gasteiger partial charge in [0.05, 0.1) is 10.3 Å². The number of hydrogen-bond donors (Lipinski definition) is 0. The van der Waals surface area contributed by atoms with Crippen LogP contribution >= 0.6 is 0 Å². The Kier molecular flexibility index (Phi) is 3.33. The van der Waals surface area contributed by atoms with Crippen LogP contribution in [0.2, 0.25) is 0 Å². The number of nitrogens with zero attached hydrogens (tertiary/aromatic N) is 2. The molecule has 28 heavy (non-hydrogen) atoms. The molecule has 0 aliphatic carbocycles. The van der Waals surface area contributed by atoms with E-state index < -0.39 is 5.72 Å². The summed E-state index contributed by atoms with van der Waals surface area (Å²) in [5.41, 5.74) is 2.74. The Balaban J connectivity index is 1.67. The van der Waals surface area contributed by atoms with Gasteiger partial charge in [0.2, 0.25) is 0 Å². The van der Waals surface area contributed by atoms with E-state index in [1.165, 1.54) is 28.1 Å². The summed E-state index contributed by atoms with van der Waals surface area (Å²) in [4.78, 5) is 13.0. The third-order valence-electron chi connectivity index (χ3n) is 6.68. The maximum absolute atomic E-state index is 11.1. The van der Waals surface area contributed by atoms with Gasteiger partial charge in [-0.05, 0) is 48.7 Å². The number of likely N-dealkylation sites (N-methyl/N-ethyl adjacent to an activating group) is 1. The molecule has 5 heteroatoms. The lowest BCUT2D eigenvalue weighted by Gasteiger charge is -2.48. The SMILES string of the molecule is CN1c2ccc3ccccc3c2C(C)(C)C12CCc1cc([N+](=O)[O-])ccc1O2. The van der Waals surface area contributed by atoms with Gasteiger partial charge in [-0.1, -0.05) is 30.3 Å². The summed E-state index contributed by atoms with van der Waals surface area (Å²) in [7, 11) is 2.10. The maximum Gasteiger partial charge on any atom is 0.269 e. The van der Waals surface area contributed by atoms with Gasteiger partial charge >= 0.3 is 0 Å². The Labute approximate surface area is 163 Å². The summed E-state index contributed by atoms with van der Waals surface area (Å²) < 4.78 is 6.68. The first-order valence-corrected chi connectivity index (χ1v) is 9.57. The van der Waals surface area contributed by atoms with E-state index in [2.05, 4.69) is 62.2 Å². The second-order valence-electron chi connectivity index (χ2n) is 8.30. The topological polar surface area (TPSA) is 55.6 Å². The summed E-state index contributed by atoms with van der Waals surface area (Å²) in [6, 6.07) is 17.8. The van der Waals surface area contributed by atoms with E-state index in [0.717, 1.165) is 24.2 Å². The van der Waals surface area contributed by atoms with Gasteiger partial charge in [-0.3, -0.25) is 10.1 Å². The summed E-state index contributed by atoms with van der Waals surface area (Å²) in [5, 5.41) is 13.6. The van der Waals surface area contributed by atoms with E-state index in [0.29, 0.717) is 0 Å². The average molecular weight is 374 g/mol. The highest BCUT2D eigenvalue weighted by Crippen LogP contribution is 2.57. The molecule has 0 aromatic heterocycles. The van der Waals surface area contributed by atoms with Crippen molar-refractivity contribution in [2.24, 2.45) is 0 Å². The van der Waals surface area contributed by atoms with E-state index in [9.17, 15) is 10.1 Å². The van der Waals surface area contributed by atoms with Crippen molar-refractivity contribution in [1.82, 2.24) is 0 Å². The molecular formula is C23H22N2O3. The molecule has 2 aliphatic rings. The summed E-state index contributed by atoms with van der Waals surface area (Å²) in [6.07, 6.45) is 1.52. The van der Waals surface area contributed by atoms with Gasteiger partial charge in [0.1, 0.15) is 5.75 Å². The van der Waals surface area contributed by atoms with Gasteiger partial charge in [0.15, 0.2) is 5.72 Å². The Morgan fingerprint density at radius 2 is 1.89 bits per heavy atom. The van der Waals surface area contributed by atoms with E-state index in [4.69, 9.17) is 4.74 Å². The van der Waals surface area contributed by atoms with Gasteiger partial charge in [0.25, 0.3) is 5.69 Å². The van der Waals surface area contributed by atoms with Gasteiger partial charge in [-0.2, -0.15) is 0 Å². The first-order chi connectivity index (χ1) is 13.3. The number of rotatable bonds is 1. The largest absolute Gasteiger partial charge is 0.467 e. The number of nitro groups is 1. The van der Waals surface area contributed by atoms with Crippen LogP contribution in [0.1, 0.15) is 31.4 Å². The minimum Gasteiger partial charge on any atom is -0.467 e. The molecule has 5 rings (SSSR count). The van der Waals surface area contributed by atoms with Crippen LogP contribution in [0.15, 0.2) is 54.6 Å². The molecule has 0 bridgehead atoms. The average Bonchev–Trinajstić information content (AvgIpc) is 2.86. The van der Waals surface area contributed by atoms with E-state index >= 15 is 0 Å². The Bertz CT molecular complexity index is 1140. The van der Waals surface area contributed by atoms with Crippen molar-refractivity contribution in [1.29, 1.82) is 0 Å². The molecule has 0 saturated heterocycles. The van der Waals surface area contributed by atoms with Crippen LogP contribution in [-0.2, 0) is 11.8 Å². The molecule has 1 spiro atoms. The molecule has 0 N–H and O–H groups in total. The fraction of sp³-hybridized carbons (Fsp3) is 0.304. The van der Waals surface area contributed by atoms with Crippen molar-refractivity contribution in [2.45, 2.75) is 37.8 Å².